The van der Waals surface area contributed by atoms with E-state index in [1.807, 2.05) is 0 Å². The number of carbonyl (C=O) groups excluding carboxylic acids is 2. The van der Waals surface area contributed by atoms with Crippen molar-refractivity contribution in [3.05, 3.63) is 87.2 Å². The van der Waals surface area contributed by atoms with Gasteiger partial charge in [-0.1, -0.05) is 41.4 Å². The van der Waals surface area contributed by atoms with E-state index in [0.717, 1.165) is 4.90 Å². The molecule has 1 aliphatic rings. The first-order valence-electron chi connectivity index (χ1n) is 9.76. The van der Waals surface area contributed by atoms with Gasteiger partial charge in [0.15, 0.2) is 0 Å². The minimum atomic E-state index is -1.15. The first kappa shape index (κ1) is 22.3. The van der Waals surface area contributed by atoms with Gasteiger partial charge in [-0.15, -0.1) is 0 Å². The van der Waals surface area contributed by atoms with Crippen molar-refractivity contribution in [1.29, 1.82) is 0 Å². The number of aliphatic hydroxyl groups excluding tert-OH is 1. The third kappa shape index (κ3) is 3.97. The number of amides is 2. The summed E-state index contributed by atoms with van der Waals surface area (Å²) in [6.07, 6.45) is -1.22. The number of ether oxygens (including phenoxy) is 1. The van der Waals surface area contributed by atoms with E-state index in [4.69, 9.17) is 27.9 Å². The SMILES string of the molecule is COc1c(CC(O)CN2C(=O)c3ccccc3C2=O)cc(F)cc1-c1c(Cl)cccc1Cl. The maximum atomic E-state index is 14.5. The number of hydrogen-bond acceptors (Lipinski definition) is 4. The zero-order chi connectivity index (χ0) is 23.0. The number of halogens is 3. The van der Waals surface area contributed by atoms with E-state index in [1.54, 1.807) is 42.5 Å². The van der Waals surface area contributed by atoms with Crippen molar-refractivity contribution in [2.45, 2.75) is 12.5 Å². The van der Waals surface area contributed by atoms with Crippen LogP contribution in [0.2, 0.25) is 10.0 Å². The lowest BCUT2D eigenvalue weighted by molar-refractivity contribution is 0.0543. The number of carbonyl (C=O) groups is 2. The number of imide groups is 1. The number of hydrogen-bond donors (Lipinski definition) is 1. The van der Waals surface area contributed by atoms with Crippen LogP contribution in [-0.4, -0.2) is 41.6 Å². The second kappa shape index (κ2) is 8.90. The van der Waals surface area contributed by atoms with Gasteiger partial charge < -0.3 is 9.84 Å². The Morgan fingerprint density at radius 3 is 2.12 bits per heavy atom. The van der Waals surface area contributed by atoms with Gasteiger partial charge in [0.1, 0.15) is 11.6 Å². The van der Waals surface area contributed by atoms with E-state index >= 15 is 0 Å². The number of fused-ring (bicyclic) bond motifs is 1. The third-order valence-electron chi connectivity index (χ3n) is 5.29. The molecule has 1 atom stereocenters. The molecule has 4 rings (SSSR count). The van der Waals surface area contributed by atoms with Gasteiger partial charge in [0.05, 0.1) is 40.9 Å². The molecule has 3 aromatic carbocycles. The van der Waals surface area contributed by atoms with Crippen molar-refractivity contribution in [1.82, 2.24) is 4.90 Å². The first-order valence-corrected chi connectivity index (χ1v) is 10.5. The predicted octanol–water partition coefficient (Wildman–Crippen LogP) is 5.01. The van der Waals surface area contributed by atoms with Crippen LogP contribution in [0.4, 0.5) is 4.39 Å². The van der Waals surface area contributed by atoms with Gasteiger partial charge in [0, 0.05) is 23.1 Å². The van der Waals surface area contributed by atoms with Crippen LogP contribution in [0.5, 0.6) is 5.75 Å². The fourth-order valence-corrected chi connectivity index (χ4v) is 4.52. The second-order valence-electron chi connectivity index (χ2n) is 7.37. The zero-order valence-corrected chi connectivity index (χ0v) is 18.5. The molecule has 1 aliphatic heterocycles. The lowest BCUT2D eigenvalue weighted by atomic mass is 9.97. The molecule has 0 spiro atoms. The average molecular weight is 474 g/mol. The highest BCUT2D eigenvalue weighted by atomic mass is 35.5. The number of aliphatic hydroxyl groups is 1. The molecule has 1 unspecified atom stereocenters. The molecule has 164 valence electrons. The molecule has 0 fully saturated rings. The van der Waals surface area contributed by atoms with Gasteiger partial charge in [-0.2, -0.15) is 0 Å². The summed E-state index contributed by atoms with van der Waals surface area (Å²) >= 11 is 12.6. The average Bonchev–Trinajstić information content (AvgIpc) is 2.98. The van der Waals surface area contributed by atoms with Crippen LogP contribution in [0.25, 0.3) is 11.1 Å². The number of nitrogens with zero attached hydrogens (tertiary/aromatic N) is 1. The van der Waals surface area contributed by atoms with Crippen molar-refractivity contribution in [3.63, 3.8) is 0 Å². The summed E-state index contributed by atoms with van der Waals surface area (Å²) in [5.74, 6) is -1.22. The molecule has 0 saturated carbocycles. The van der Waals surface area contributed by atoms with Gasteiger partial charge in [-0.3, -0.25) is 14.5 Å². The van der Waals surface area contributed by atoms with E-state index < -0.39 is 23.7 Å². The first-order chi connectivity index (χ1) is 15.3. The molecule has 0 aliphatic carbocycles. The normalized spacial score (nSPS) is 14.0. The van der Waals surface area contributed by atoms with Crippen molar-refractivity contribution >= 4 is 35.0 Å². The molecular formula is C24H18Cl2FNO4. The van der Waals surface area contributed by atoms with E-state index in [-0.39, 0.29) is 13.0 Å². The van der Waals surface area contributed by atoms with Gasteiger partial charge in [-0.25, -0.2) is 4.39 Å². The molecule has 5 nitrogen and oxygen atoms in total. The smallest absolute Gasteiger partial charge is 0.261 e. The van der Waals surface area contributed by atoms with Gasteiger partial charge >= 0.3 is 0 Å². The Morgan fingerprint density at radius 2 is 1.56 bits per heavy atom. The van der Waals surface area contributed by atoms with Crippen molar-refractivity contribution in [2.75, 3.05) is 13.7 Å². The standard InChI is InChI=1S/C24H18Cl2FNO4/c1-32-22-13(9-14(27)11-18(22)21-19(25)7-4-8-20(21)26)10-15(29)12-28-23(30)16-5-2-3-6-17(16)24(28)31/h2-9,11,15,29H,10,12H2,1H3. The Hall–Kier alpha value is -2.93. The molecule has 0 bridgehead atoms. The summed E-state index contributed by atoms with van der Waals surface area (Å²) in [5.41, 5.74) is 1.68. The third-order valence-corrected chi connectivity index (χ3v) is 5.92. The van der Waals surface area contributed by atoms with E-state index in [1.165, 1.54) is 19.2 Å². The maximum absolute atomic E-state index is 14.5. The van der Waals surface area contributed by atoms with Gasteiger partial charge in [-0.05, 0) is 36.4 Å². The fourth-order valence-electron chi connectivity index (χ4n) is 3.92. The quantitative estimate of drug-likeness (QED) is 0.511. The van der Waals surface area contributed by atoms with Crippen LogP contribution in [0.3, 0.4) is 0 Å². The Kier molecular flexibility index (Phi) is 6.20. The fraction of sp³-hybridized carbons (Fsp3) is 0.167. The van der Waals surface area contributed by atoms with Crippen molar-refractivity contribution < 1.29 is 23.8 Å². The van der Waals surface area contributed by atoms with Crippen LogP contribution in [0, 0.1) is 5.82 Å². The highest BCUT2D eigenvalue weighted by molar-refractivity contribution is 6.39. The molecule has 3 aromatic rings. The molecule has 32 heavy (non-hydrogen) atoms. The monoisotopic (exact) mass is 473 g/mol. The summed E-state index contributed by atoms with van der Waals surface area (Å²) in [7, 11) is 1.42. The van der Waals surface area contributed by atoms with Crippen LogP contribution >= 0.6 is 23.2 Å². The Morgan fingerprint density at radius 1 is 0.969 bits per heavy atom. The molecule has 1 heterocycles. The van der Waals surface area contributed by atoms with E-state index in [2.05, 4.69) is 0 Å². The van der Waals surface area contributed by atoms with Crippen LogP contribution < -0.4 is 4.74 Å². The lowest BCUT2D eigenvalue weighted by Crippen LogP contribution is -2.37. The second-order valence-corrected chi connectivity index (χ2v) is 8.18. The van der Waals surface area contributed by atoms with E-state index in [0.29, 0.717) is 43.6 Å². The minimum Gasteiger partial charge on any atom is -0.496 e. The molecule has 2 amide bonds. The maximum Gasteiger partial charge on any atom is 0.261 e. The summed E-state index contributed by atoms with van der Waals surface area (Å²) in [5, 5.41) is 11.3. The predicted molar refractivity (Wildman–Crippen MR) is 120 cm³/mol. The van der Waals surface area contributed by atoms with Crippen LogP contribution in [0.1, 0.15) is 26.3 Å². The number of methoxy groups -OCH3 is 1. The topological polar surface area (TPSA) is 66.8 Å². The van der Waals surface area contributed by atoms with Crippen molar-refractivity contribution in [2.24, 2.45) is 0 Å². The minimum absolute atomic E-state index is 0.0661. The molecular weight excluding hydrogens is 456 g/mol. The molecule has 1 N–H and O–H groups in total. The van der Waals surface area contributed by atoms with Crippen molar-refractivity contribution in [3.8, 4) is 16.9 Å². The Bertz CT molecular complexity index is 1180. The van der Waals surface area contributed by atoms with Gasteiger partial charge in [0.25, 0.3) is 11.8 Å². The lowest BCUT2D eigenvalue weighted by Gasteiger charge is -2.21. The summed E-state index contributed by atoms with van der Waals surface area (Å²) < 4.78 is 20.0. The summed E-state index contributed by atoms with van der Waals surface area (Å²) in [6.45, 7) is -0.242. The highest BCUT2D eigenvalue weighted by Gasteiger charge is 2.36. The molecule has 8 heteroatoms. The molecule has 0 aromatic heterocycles. The number of β-amino-alcohol motifs (C(OH)–C–C–N with tert-alkyl or cyclic N) is 1. The Balaban J connectivity index is 1.63. The van der Waals surface area contributed by atoms with Crippen LogP contribution in [-0.2, 0) is 6.42 Å². The van der Waals surface area contributed by atoms with E-state index in [9.17, 15) is 19.1 Å². The summed E-state index contributed by atoms with van der Waals surface area (Å²) in [4.78, 5) is 26.1. The molecule has 0 saturated heterocycles. The molecule has 0 radical (unpaired) electrons. The highest BCUT2D eigenvalue weighted by Crippen LogP contribution is 2.42. The van der Waals surface area contributed by atoms with Crippen LogP contribution in [0.15, 0.2) is 54.6 Å². The zero-order valence-electron chi connectivity index (χ0n) is 16.9. The number of rotatable bonds is 6. The number of benzene rings is 3. The van der Waals surface area contributed by atoms with Gasteiger partial charge in [0.2, 0.25) is 0 Å². The summed E-state index contributed by atoms with van der Waals surface area (Å²) in [6, 6.07) is 13.9. The Labute approximate surface area is 193 Å². The largest absolute Gasteiger partial charge is 0.496 e.